The van der Waals surface area contributed by atoms with E-state index < -0.39 is 0 Å². The molecule has 98 valence electrons. The lowest BCUT2D eigenvalue weighted by Crippen LogP contribution is -2.21. The summed E-state index contributed by atoms with van der Waals surface area (Å²) < 4.78 is 5.52. The molecular formula is C13H17ClN2O2. The number of carbonyl (C=O) groups is 1. The molecule has 0 spiro atoms. The van der Waals surface area contributed by atoms with Gasteiger partial charge in [-0.15, -0.1) is 0 Å². The zero-order valence-electron chi connectivity index (χ0n) is 10.1. The van der Waals surface area contributed by atoms with Crippen LogP contribution in [0.5, 0.6) is 0 Å². The van der Waals surface area contributed by atoms with Crippen molar-refractivity contribution in [2.45, 2.75) is 31.8 Å². The summed E-state index contributed by atoms with van der Waals surface area (Å²) in [5, 5.41) is 3.21. The lowest BCUT2D eigenvalue weighted by Gasteiger charge is -2.11. The van der Waals surface area contributed by atoms with E-state index in [1.807, 2.05) is 0 Å². The second-order valence-electron chi connectivity index (χ2n) is 4.50. The number of anilines is 2. The van der Waals surface area contributed by atoms with E-state index in [1.54, 1.807) is 18.2 Å². The van der Waals surface area contributed by atoms with Gasteiger partial charge in [-0.25, -0.2) is 0 Å². The normalized spacial score (nSPS) is 15.8. The van der Waals surface area contributed by atoms with Crippen LogP contribution < -0.4 is 11.1 Å². The SMILES string of the molecule is Nc1cc(NC(=O)COC2CCCC2)ccc1Cl. The first-order valence-corrected chi connectivity index (χ1v) is 6.49. The largest absolute Gasteiger partial charge is 0.397 e. The summed E-state index contributed by atoms with van der Waals surface area (Å²) in [6.07, 6.45) is 4.74. The predicted octanol–water partition coefficient (Wildman–Crippen LogP) is 2.82. The van der Waals surface area contributed by atoms with Gasteiger partial charge in [-0.05, 0) is 31.0 Å². The smallest absolute Gasteiger partial charge is 0.250 e. The zero-order valence-corrected chi connectivity index (χ0v) is 10.9. The van der Waals surface area contributed by atoms with E-state index in [4.69, 9.17) is 22.1 Å². The Morgan fingerprint density at radius 1 is 1.44 bits per heavy atom. The van der Waals surface area contributed by atoms with Crippen molar-refractivity contribution in [3.05, 3.63) is 23.2 Å². The minimum Gasteiger partial charge on any atom is -0.397 e. The average molecular weight is 269 g/mol. The van der Waals surface area contributed by atoms with Crippen LogP contribution in [-0.2, 0) is 9.53 Å². The summed E-state index contributed by atoms with van der Waals surface area (Å²) in [6.45, 7) is 0.0905. The third-order valence-electron chi connectivity index (χ3n) is 3.03. The molecule has 3 N–H and O–H groups in total. The van der Waals surface area contributed by atoms with Crippen molar-refractivity contribution in [1.29, 1.82) is 0 Å². The second-order valence-corrected chi connectivity index (χ2v) is 4.91. The highest BCUT2D eigenvalue weighted by Crippen LogP contribution is 2.23. The van der Waals surface area contributed by atoms with Gasteiger partial charge in [0.05, 0.1) is 16.8 Å². The van der Waals surface area contributed by atoms with Crippen molar-refractivity contribution in [3.63, 3.8) is 0 Å². The molecule has 0 saturated heterocycles. The fourth-order valence-corrected chi connectivity index (χ4v) is 2.18. The highest BCUT2D eigenvalue weighted by molar-refractivity contribution is 6.33. The Balaban J connectivity index is 1.80. The lowest BCUT2D eigenvalue weighted by atomic mass is 10.3. The number of nitrogen functional groups attached to an aromatic ring is 1. The number of hydrogen-bond donors (Lipinski definition) is 2. The molecule has 0 heterocycles. The molecule has 1 fully saturated rings. The van der Waals surface area contributed by atoms with Crippen LogP contribution in [0.25, 0.3) is 0 Å². The van der Waals surface area contributed by atoms with Gasteiger partial charge in [0.1, 0.15) is 6.61 Å². The Hall–Kier alpha value is -1.26. The van der Waals surface area contributed by atoms with Crippen LogP contribution >= 0.6 is 11.6 Å². The Morgan fingerprint density at radius 2 is 2.17 bits per heavy atom. The van der Waals surface area contributed by atoms with Gasteiger partial charge in [-0.2, -0.15) is 0 Å². The van der Waals surface area contributed by atoms with Crippen molar-refractivity contribution in [1.82, 2.24) is 0 Å². The van der Waals surface area contributed by atoms with Crippen molar-refractivity contribution in [2.75, 3.05) is 17.7 Å². The lowest BCUT2D eigenvalue weighted by molar-refractivity contribution is -0.122. The number of nitrogens with one attached hydrogen (secondary N) is 1. The van der Waals surface area contributed by atoms with Gasteiger partial charge in [-0.3, -0.25) is 4.79 Å². The standard InChI is InChI=1S/C13H17ClN2O2/c14-11-6-5-9(7-12(11)15)16-13(17)8-18-10-3-1-2-4-10/h5-7,10H,1-4,8,15H2,(H,16,17). The third-order valence-corrected chi connectivity index (χ3v) is 3.38. The first-order chi connectivity index (χ1) is 8.65. The Labute approximate surface area is 111 Å². The van der Waals surface area contributed by atoms with Gasteiger partial charge >= 0.3 is 0 Å². The predicted molar refractivity (Wildman–Crippen MR) is 72.7 cm³/mol. The number of benzene rings is 1. The van der Waals surface area contributed by atoms with Crippen LogP contribution in [0.1, 0.15) is 25.7 Å². The van der Waals surface area contributed by atoms with Gasteiger partial charge in [0, 0.05) is 5.69 Å². The summed E-state index contributed by atoms with van der Waals surface area (Å²) >= 11 is 5.80. The van der Waals surface area contributed by atoms with Crippen LogP contribution in [0, 0.1) is 0 Å². The van der Waals surface area contributed by atoms with Crippen LogP contribution in [0.3, 0.4) is 0 Å². The highest BCUT2D eigenvalue weighted by Gasteiger charge is 2.16. The Kier molecular flexibility index (Phi) is 4.44. The van der Waals surface area contributed by atoms with Gasteiger partial charge in [0.25, 0.3) is 0 Å². The number of hydrogen-bond acceptors (Lipinski definition) is 3. The minimum atomic E-state index is -0.163. The quantitative estimate of drug-likeness (QED) is 0.826. The zero-order chi connectivity index (χ0) is 13.0. The molecule has 0 aliphatic heterocycles. The average Bonchev–Trinajstić information content (AvgIpc) is 2.84. The van der Waals surface area contributed by atoms with Crippen LogP contribution in [0.2, 0.25) is 5.02 Å². The summed E-state index contributed by atoms with van der Waals surface area (Å²) in [4.78, 5) is 11.7. The molecule has 4 nitrogen and oxygen atoms in total. The van der Waals surface area contributed by atoms with Crippen molar-refractivity contribution < 1.29 is 9.53 Å². The molecule has 0 radical (unpaired) electrons. The monoisotopic (exact) mass is 268 g/mol. The maximum Gasteiger partial charge on any atom is 0.250 e. The topological polar surface area (TPSA) is 64.3 Å². The van der Waals surface area contributed by atoms with Crippen LogP contribution in [0.4, 0.5) is 11.4 Å². The van der Waals surface area contributed by atoms with E-state index in [9.17, 15) is 4.79 Å². The van der Waals surface area contributed by atoms with Gasteiger partial charge in [-0.1, -0.05) is 24.4 Å². The molecular weight excluding hydrogens is 252 g/mol. The number of rotatable bonds is 4. The summed E-state index contributed by atoms with van der Waals surface area (Å²) in [7, 11) is 0. The van der Waals surface area contributed by atoms with Gasteiger partial charge in [0.15, 0.2) is 0 Å². The molecule has 0 atom stereocenters. The summed E-state index contributed by atoms with van der Waals surface area (Å²) in [5.41, 5.74) is 6.74. The van der Waals surface area contributed by atoms with Crippen molar-refractivity contribution in [3.8, 4) is 0 Å². The molecule has 0 unspecified atom stereocenters. The Morgan fingerprint density at radius 3 is 2.83 bits per heavy atom. The first-order valence-electron chi connectivity index (χ1n) is 6.11. The minimum absolute atomic E-state index is 0.0905. The molecule has 1 aliphatic carbocycles. The second kappa shape index (κ2) is 6.07. The maximum absolute atomic E-state index is 11.7. The van der Waals surface area contributed by atoms with Gasteiger partial charge < -0.3 is 15.8 Å². The highest BCUT2D eigenvalue weighted by atomic mass is 35.5. The van der Waals surface area contributed by atoms with Crippen LogP contribution in [0.15, 0.2) is 18.2 Å². The molecule has 0 aromatic heterocycles. The molecule has 1 aliphatic rings. The molecule has 5 heteroatoms. The van der Waals surface area contributed by atoms with Crippen molar-refractivity contribution in [2.24, 2.45) is 0 Å². The molecule has 1 amide bonds. The molecule has 1 aromatic carbocycles. The van der Waals surface area contributed by atoms with Gasteiger partial charge in [0.2, 0.25) is 5.91 Å². The molecule has 1 aromatic rings. The van der Waals surface area contributed by atoms with E-state index in [0.29, 0.717) is 16.4 Å². The van der Waals surface area contributed by atoms with E-state index >= 15 is 0 Å². The molecule has 1 saturated carbocycles. The van der Waals surface area contributed by atoms with Crippen molar-refractivity contribution >= 4 is 28.9 Å². The van der Waals surface area contributed by atoms with E-state index in [0.717, 1.165) is 12.8 Å². The number of halogens is 1. The molecule has 0 bridgehead atoms. The maximum atomic E-state index is 11.7. The molecule has 2 rings (SSSR count). The number of amides is 1. The Bertz CT molecular complexity index is 431. The van der Waals surface area contributed by atoms with E-state index in [1.165, 1.54) is 12.8 Å². The number of ether oxygens (including phenoxy) is 1. The van der Waals surface area contributed by atoms with E-state index in [2.05, 4.69) is 5.32 Å². The van der Waals surface area contributed by atoms with Crippen LogP contribution in [-0.4, -0.2) is 18.6 Å². The number of carbonyl (C=O) groups excluding carboxylic acids is 1. The fraction of sp³-hybridized carbons (Fsp3) is 0.462. The first kappa shape index (κ1) is 13.2. The van der Waals surface area contributed by atoms with E-state index in [-0.39, 0.29) is 18.6 Å². The molecule has 18 heavy (non-hydrogen) atoms. The summed E-state index contributed by atoms with van der Waals surface area (Å²) in [5.74, 6) is -0.163. The summed E-state index contributed by atoms with van der Waals surface area (Å²) in [6, 6.07) is 5.01. The fourth-order valence-electron chi connectivity index (χ4n) is 2.07. The number of nitrogens with two attached hydrogens (primary N) is 1. The third kappa shape index (κ3) is 3.62.